The average molecular weight is 521 g/mol. The SMILES string of the molecule is Cc1c(Nc2ccc(I)cc2F)cc2n(c1=O)CC(NS(=O)(=O)C1CC1)S2. The summed E-state index contributed by atoms with van der Waals surface area (Å²) in [6.45, 7) is 1.96. The minimum absolute atomic E-state index is 0.207. The molecule has 6 nitrogen and oxygen atoms in total. The zero-order valence-corrected chi connectivity index (χ0v) is 18.1. The summed E-state index contributed by atoms with van der Waals surface area (Å²) < 4.78 is 43.5. The normalized spacial score (nSPS) is 19.1. The monoisotopic (exact) mass is 521 g/mol. The molecular weight excluding hydrogens is 504 g/mol. The van der Waals surface area contributed by atoms with E-state index < -0.39 is 21.2 Å². The van der Waals surface area contributed by atoms with Crippen LogP contribution in [0.2, 0.25) is 0 Å². The number of halogens is 2. The smallest absolute Gasteiger partial charge is 0.256 e. The fraction of sp³-hybridized carbons (Fsp3) is 0.353. The third kappa shape index (κ3) is 3.89. The van der Waals surface area contributed by atoms with Crippen LogP contribution in [0.25, 0.3) is 0 Å². The first-order chi connectivity index (χ1) is 12.7. The molecule has 1 unspecified atom stereocenters. The van der Waals surface area contributed by atoms with Crippen LogP contribution in [0, 0.1) is 16.3 Å². The highest BCUT2D eigenvalue weighted by molar-refractivity contribution is 14.1. The van der Waals surface area contributed by atoms with Crippen LogP contribution in [0.4, 0.5) is 15.8 Å². The Morgan fingerprint density at radius 1 is 1.26 bits per heavy atom. The lowest BCUT2D eigenvalue weighted by molar-refractivity contribution is 0.558. The van der Waals surface area contributed by atoms with Crippen molar-refractivity contribution in [1.29, 1.82) is 0 Å². The molecule has 27 heavy (non-hydrogen) atoms. The van der Waals surface area contributed by atoms with Gasteiger partial charge in [0, 0.05) is 14.8 Å². The van der Waals surface area contributed by atoms with Gasteiger partial charge < -0.3 is 9.88 Å². The number of thioether (sulfide) groups is 1. The average Bonchev–Trinajstić information content (AvgIpc) is 3.38. The molecule has 2 aliphatic rings. The molecule has 0 saturated heterocycles. The lowest BCUT2D eigenvalue weighted by Gasteiger charge is -2.13. The van der Waals surface area contributed by atoms with Crippen LogP contribution in [0.5, 0.6) is 0 Å². The number of benzene rings is 1. The Hall–Kier alpha value is -1.11. The van der Waals surface area contributed by atoms with Crippen LogP contribution < -0.4 is 15.6 Å². The van der Waals surface area contributed by atoms with Crippen LogP contribution in [-0.2, 0) is 16.6 Å². The van der Waals surface area contributed by atoms with E-state index in [1.165, 1.54) is 17.8 Å². The van der Waals surface area contributed by atoms with E-state index >= 15 is 0 Å². The zero-order valence-electron chi connectivity index (χ0n) is 14.3. The molecule has 0 radical (unpaired) electrons. The van der Waals surface area contributed by atoms with Crippen LogP contribution in [0.3, 0.4) is 0 Å². The van der Waals surface area contributed by atoms with E-state index in [0.29, 0.717) is 29.1 Å². The van der Waals surface area contributed by atoms with Crippen molar-refractivity contribution < 1.29 is 12.8 Å². The predicted molar refractivity (Wildman–Crippen MR) is 113 cm³/mol. The first-order valence-electron chi connectivity index (χ1n) is 8.39. The van der Waals surface area contributed by atoms with E-state index in [9.17, 15) is 17.6 Å². The largest absolute Gasteiger partial charge is 0.353 e. The quantitative estimate of drug-likeness (QED) is 0.592. The van der Waals surface area contributed by atoms with Crippen LogP contribution in [-0.4, -0.2) is 23.6 Å². The Balaban J connectivity index is 1.60. The maximum absolute atomic E-state index is 14.1. The van der Waals surface area contributed by atoms with E-state index in [2.05, 4.69) is 10.0 Å². The molecule has 10 heteroatoms. The van der Waals surface area contributed by atoms with E-state index in [4.69, 9.17) is 0 Å². The van der Waals surface area contributed by atoms with Gasteiger partial charge in [-0.05, 0) is 66.6 Å². The molecule has 1 aromatic heterocycles. The van der Waals surface area contributed by atoms with Gasteiger partial charge in [-0.2, -0.15) is 4.72 Å². The Labute approximate surface area is 174 Å². The molecule has 1 aliphatic heterocycles. The number of sulfonamides is 1. The Bertz CT molecular complexity index is 1080. The minimum atomic E-state index is -3.33. The minimum Gasteiger partial charge on any atom is -0.353 e. The number of anilines is 2. The molecular formula is C17H17FIN3O3S2. The number of hydrogen-bond donors (Lipinski definition) is 2. The fourth-order valence-electron chi connectivity index (χ4n) is 2.93. The number of pyridine rings is 1. The maximum Gasteiger partial charge on any atom is 0.256 e. The van der Waals surface area contributed by atoms with Crippen molar-refractivity contribution in [1.82, 2.24) is 9.29 Å². The second-order valence-corrected chi connectivity index (χ2v) is 11.1. The first-order valence-corrected chi connectivity index (χ1v) is 11.9. The van der Waals surface area contributed by atoms with Crippen molar-refractivity contribution in [2.45, 2.75) is 42.0 Å². The van der Waals surface area contributed by atoms with Crippen LogP contribution in [0.15, 0.2) is 34.1 Å². The van der Waals surface area contributed by atoms with Crippen molar-refractivity contribution >= 4 is 55.8 Å². The van der Waals surface area contributed by atoms with E-state index in [-0.39, 0.29) is 23.0 Å². The molecule has 1 aromatic carbocycles. The molecule has 4 rings (SSSR count). The van der Waals surface area contributed by atoms with E-state index in [1.807, 2.05) is 22.6 Å². The molecule has 2 aromatic rings. The highest BCUT2D eigenvalue weighted by atomic mass is 127. The second-order valence-electron chi connectivity index (χ2n) is 6.65. The van der Waals surface area contributed by atoms with E-state index in [1.54, 1.807) is 29.7 Å². The second kappa shape index (κ2) is 7.05. The van der Waals surface area contributed by atoms with Gasteiger partial charge in [-0.1, -0.05) is 11.8 Å². The number of aromatic nitrogens is 1. The molecule has 0 bridgehead atoms. The summed E-state index contributed by atoms with van der Waals surface area (Å²) in [4.78, 5) is 12.7. The Kier molecular flexibility index (Phi) is 5.02. The third-order valence-electron chi connectivity index (χ3n) is 4.57. The summed E-state index contributed by atoms with van der Waals surface area (Å²) in [5.74, 6) is -0.398. The molecule has 2 N–H and O–H groups in total. The van der Waals surface area contributed by atoms with Gasteiger partial charge in [0.2, 0.25) is 10.0 Å². The summed E-state index contributed by atoms with van der Waals surface area (Å²) in [5, 5.41) is 2.93. The summed E-state index contributed by atoms with van der Waals surface area (Å²) in [5.41, 5.74) is 1.06. The lowest BCUT2D eigenvalue weighted by Crippen LogP contribution is -2.36. The van der Waals surface area contributed by atoms with E-state index in [0.717, 1.165) is 3.57 Å². The fourth-order valence-corrected chi connectivity index (χ4v) is 6.36. The zero-order chi connectivity index (χ0) is 19.3. The summed E-state index contributed by atoms with van der Waals surface area (Å²) in [6, 6.07) is 6.58. The third-order valence-corrected chi connectivity index (χ3v) is 8.49. The Morgan fingerprint density at radius 2 is 2.00 bits per heavy atom. The molecule has 1 fully saturated rings. The van der Waals surface area contributed by atoms with Crippen LogP contribution in [0.1, 0.15) is 18.4 Å². The number of rotatable bonds is 5. The van der Waals surface area contributed by atoms with Crippen molar-refractivity contribution in [2.75, 3.05) is 5.32 Å². The molecule has 0 spiro atoms. The molecule has 1 aliphatic carbocycles. The highest BCUT2D eigenvalue weighted by Crippen LogP contribution is 2.35. The van der Waals surface area contributed by atoms with Crippen molar-refractivity contribution in [3.63, 3.8) is 0 Å². The first kappa shape index (κ1) is 19.2. The van der Waals surface area contributed by atoms with Crippen LogP contribution >= 0.6 is 34.4 Å². The number of hydrogen-bond acceptors (Lipinski definition) is 5. The van der Waals surface area contributed by atoms with Gasteiger partial charge in [0.05, 0.1) is 27.9 Å². The summed E-state index contributed by atoms with van der Waals surface area (Å²) in [7, 11) is -3.33. The van der Waals surface area contributed by atoms with Crippen molar-refractivity contribution in [3.05, 3.63) is 49.6 Å². The lowest BCUT2D eigenvalue weighted by atomic mass is 10.2. The molecule has 1 saturated carbocycles. The van der Waals surface area contributed by atoms with Crippen molar-refractivity contribution in [3.8, 4) is 0 Å². The summed E-state index contributed by atoms with van der Waals surface area (Å²) >= 11 is 3.33. The van der Waals surface area contributed by atoms with Gasteiger partial charge in [-0.15, -0.1) is 0 Å². The van der Waals surface area contributed by atoms with Crippen molar-refractivity contribution in [2.24, 2.45) is 0 Å². The van der Waals surface area contributed by atoms with Gasteiger partial charge >= 0.3 is 0 Å². The van der Waals surface area contributed by atoms with Gasteiger partial charge in [0.25, 0.3) is 5.56 Å². The maximum atomic E-state index is 14.1. The number of nitrogens with zero attached hydrogens (tertiary/aromatic N) is 1. The standard InChI is InChI=1S/C17H17FIN3O3S2/c1-9-14(20-13-5-2-10(19)6-12(13)18)7-16-22(17(9)23)8-15(26-16)21-27(24,25)11-3-4-11/h2,5-7,11,15,20-21H,3-4,8H2,1H3. The van der Waals surface area contributed by atoms with Gasteiger partial charge in [0.1, 0.15) is 5.82 Å². The summed E-state index contributed by atoms with van der Waals surface area (Å²) in [6.07, 6.45) is 1.38. The Morgan fingerprint density at radius 3 is 2.67 bits per heavy atom. The molecule has 1 atom stereocenters. The number of nitrogens with one attached hydrogen (secondary N) is 2. The number of fused-ring (bicyclic) bond motifs is 1. The molecule has 2 heterocycles. The van der Waals surface area contributed by atoms with Gasteiger partial charge in [-0.3, -0.25) is 4.79 Å². The molecule has 0 amide bonds. The van der Waals surface area contributed by atoms with Gasteiger partial charge in [0.15, 0.2) is 0 Å². The van der Waals surface area contributed by atoms with Gasteiger partial charge in [-0.25, -0.2) is 12.8 Å². The molecule has 144 valence electrons. The topological polar surface area (TPSA) is 80.2 Å². The highest BCUT2D eigenvalue weighted by Gasteiger charge is 2.38. The predicted octanol–water partition coefficient (Wildman–Crippen LogP) is 3.16.